The normalized spacial score (nSPS) is 18.1. The average Bonchev–Trinajstić information content (AvgIpc) is 2.34. The fraction of sp³-hybridized carbons (Fsp3) is 0.500. The first kappa shape index (κ1) is 14.5. The number of nitrogens with two attached hydrogens (primary N) is 1. The molecule has 1 saturated carbocycles. The van der Waals surface area contributed by atoms with Crippen molar-refractivity contribution in [2.75, 3.05) is 5.32 Å². The molecule has 1 aliphatic carbocycles. The fourth-order valence-electron chi connectivity index (χ4n) is 2.53. The Labute approximate surface area is 120 Å². The first-order valence-corrected chi connectivity index (χ1v) is 7.32. The smallest absolute Gasteiger partial charge is 0.226 e. The van der Waals surface area contributed by atoms with Gasteiger partial charge in [0.25, 0.3) is 0 Å². The van der Waals surface area contributed by atoms with E-state index in [2.05, 4.69) is 21.2 Å². The number of rotatable bonds is 3. The minimum absolute atomic E-state index is 0.147. The van der Waals surface area contributed by atoms with Crippen molar-refractivity contribution in [1.82, 2.24) is 0 Å². The van der Waals surface area contributed by atoms with Crippen molar-refractivity contribution in [3.8, 4) is 0 Å². The molecule has 104 valence electrons. The van der Waals surface area contributed by atoms with Gasteiger partial charge in [0.05, 0.1) is 4.47 Å². The Bertz CT molecular complexity index is 473. The first-order chi connectivity index (χ1) is 8.98. The Morgan fingerprint density at radius 2 is 2.05 bits per heavy atom. The molecule has 0 saturated heterocycles. The molecule has 0 aromatic heterocycles. The second-order valence-corrected chi connectivity index (χ2v) is 6.13. The lowest BCUT2D eigenvalue weighted by molar-refractivity contribution is -0.117. The van der Waals surface area contributed by atoms with Crippen molar-refractivity contribution in [2.45, 2.75) is 44.1 Å². The summed E-state index contributed by atoms with van der Waals surface area (Å²) in [6, 6.07) is 4.53. The lowest BCUT2D eigenvalue weighted by Crippen LogP contribution is -2.44. The molecular formula is C14H18BrFN2O. The first-order valence-electron chi connectivity index (χ1n) is 6.52. The number of amides is 1. The van der Waals surface area contributed by atoms with E-state index < -0.39 is 11.4 Å². The van der Waals surface area contributed by atoms with Crippen LogP contribution in [0.5, 0.6) is 0 Å². The van der Waals surface area contributed by atoms with Gasteiger partial charge in [-0.2, -0.15) is 0 Å². The number of carbonyl (C=O) groups is 1. The van der Waals surface area contributed by atoms with Crippen LogP contribution in [0.25, 0.3) is 0 Å². The summed E-state index contributed by atoms with van der Waals surface area (Å²) in [6.45, 7) is 0. The minimum Gasteiger partial charge on any atom is -0.326 e. The topological polar surface area (TPSA) is 55.1 Å². The summed E-state index contributed by atoms with van der Waals surface area (Å²) in [5.74, 6) is -0.538. The molecule has 3 nitrogen and oxygen atoms in total. The third-order valence-corrected chi connectivity index (χ3v) is 4.21. The Kier molecular flexibility index (Phi) is 4.58. The van der Waals surface area contributed by atoms with E-state index >= 15 is 0 Å². The molecule has 1 fully saturated rings. The quantitative estimate of drug-likeness (QED) is 0.891. The Morgan fingerprint density at radius 1 is 1.37 bits per heavy atom. The molecule has 0 aliphatic heterocycles. The van der Waals surface area contributed by atoms with Crippen LogP contribution in [0.1, 0.15) is 38.5 Å². The van der Waals surface area contributed by atoms with Crippen LogP contribution in [0.3, 0.4) is 0 Å². The molecule has 0 heterocycles. The van der Waals surface area contributed by atoms with Gasteiger partial charge in [0, 0.05) is 17.6 Å². The monoisotopic (exact) mass is 328 g/mol. The SMILES string of the molecule is NC1(CC(=O)Nc2ccc(Br)c(F)c2)CCCCC1. The van der Waals surface area contributed by atoms with E-state index in [-0.39, 0.29) is 5.91 Å². The number of benzene rings is 1. The largest absolute Gasteiger partial charge is 0.326 e. The highest BCUT2D eigenvalue weighted by molar-refractivity contribution is 9.10. The summed E-state index contributed by atoms with van der Waals surface area (Å²) in [5, 5.41) is 2.70. The molecule has 19 heavy (non-hydrogen) atoms. The fourth-order valence-corrected chi connectivity index (χ4v) is 2.78. The van der Waals surface area contributed by atoms with Crippen LogP contribution in [0.4, 0.5) is 10.1 Å². The second kappa shape index (κ2) is 6.01. The highest BCUT2D eigenvalue weighted by Gasteiger charge is 2.29. The van der Waals surface area contributed by atoms with E-state index in [0.717, 1.165) is 25.7 Å². The summed E-state index contributed by atoms with van der Waals surface area (Å²) < 4.78 is 13.7. The third-order valence-electron chi connectivity index (χ3n) is 3.57. The van der Waals surface area contributed by atoms with E-state index in [1.807, 2.05) is 0 Å². The van der Waals surface area contributed by atoms with Gasteiger partial charge in [-0.15, -0.1) is 0 Å². The van der Waals surface area contributed by atoms with E-state index in [9.17, 15) is 9.18 Å². The van der Waals surface area contributed by atoms with Crippen LogP contribution in [-0.4, -0.2) is 11.4 Å². The number of halogens is 2. The van der Waals surface area contributed by atoms with Gasteiger partial charge in [0.15, 0.2) is 0 Å². The van der Waals surface area contributed by atoms with Crippen LogP contribution < -0.4 is 11.1 Å². The number of anilines is 1. The molecular weight excluding hydrogens is 311 g/mol. The summed E-state index contributed by atoms with van der Waals surface area (Å²) in [6.07, 6.45) is 5.42. The highest BCUT2D eigenvalue weighted by Crippen LogP contribution is 2.29. The summed E-state index contributed by atoms with van der Waals surface area (Å²) in [7, 11) is 0. The Morgan fingerprint density at radius 3 is 2.68 bits per heavy atom. The van der Waals surface area contributed by atoms with Crippen molar-refractivity contribution < 1.29 is 9.18 Å². The molecule has 3 N–H and O–H groups in total. The summed E-state index contributed by atoms with van der Waals surface area (Å²) >= 11 is 3.08. The maximum Gasteiger partial charge on any atom is 0.226 e. The van der Waals surface area contributed by atoms with Gasteiger partial charge in [-0.3, -0.25) is 4.79 Å². The van der Waals surface area contributed by atoms with Crippen molar-refractivity contribution in [2.24, 2.45) is 5.73 Å². The van der Waals surface area contributed by atoms with Crippen molar-refractivity contribution in [1.29, 1.82) is 0 Å². The summed E-state index contributed by atoms with van der Waals surface area (Å²) in [5.41, 5.74) is 6.30. The van der Waals surface area contributed by atoms with Gasteiger partial charge in [0.1, 0.15) is 5.82 Å². The molecule has 1 amide bonds. The van der Waals surface area contributed by atoms with Gasteiger partial charge < -0.3 is 11.1 Å². The maximum absolute atomic E-state index is 13.3. The number of hydrogen-bond donors (Lipinski definition) is 2. The predicted octanol–water partition coefficient (Wildman–Crippen LogP) is 3.58. The number of nitrogens with one attached hydrogen (secondary N) is 1. The lowest BCUT2D eigenvalue weighted by atomic mass is 9.80. The van der Waals surface area contributed by atoms with E-state index in [0.29, 0.717) is 16.6 Å². The zero-order chi connectivity index (χ0) is 13.9. The molecule has 0 radical (unpaired) electrons. The zero-order valence-electron chi connectivity index (χ0n) is 10.7. The Hall–Kier alpha value is -0.940. The van der Waals surface area contributed by atoms with Crippen molar-refractivity contribution >= 4 is 27.5 Å². The van der Waals surface area contributed by atoms with E-state index in [4.69, 9.17) is 5.73 Å². The average molecular weight is 329 g/mol. The van der Waals surface area contributed by atoms with Crippen LogP contribution in [-0.2, 0) is 4.79 Å². The van der Waals surface area contributed by atoms with E-state index in [1.165, 1.54) is 12.5 Å². The van der Waals surface area contributed by atoms with Crippen molar-refractivity contribution in [3.05, 3.63) is 28.5 Å². The molecule has 2 rings (SSSR count). The van der Waals surface area contributed by atoms with Crippen molar-refractivity contribution in [3.63, 3.8) is 0 Å². The zero-order valence-corrected chi connectivity index (χ0v) is 12.3. The lowest BCUT2D eigenvalue weighted by Gasteiger charge is -2.32. The third kappa shape index (κ3) is 4.01. The van der Waals surface area contributed by atoms with Crippen LogP contribution >= 0.6 is 15.9 Å². The molecule has 1 aromatic carbocycles. The molecule has 5 heteroatoms. The van der Waals surface area contributed by atoms with Crippen LogP contribution in [0.15, 0.2) is 22.7 Å². The highest BCUT2D eigenvalue weighted by atomic mass is 79.9. The molecule has 1 aromatic rings. The number of carbonyl (C=O) groups excluding carboxylic acids is 1. The van der Waals surface area contributed by atoms with E-state index in [1.54, 1.807) is 12.1 Å². The maximum atomic E-state index is 13.3. The van der Waals surface area contributed by atoms with Gasteiger partial charge in [-0.1, -0.05) is 19.3 Å². The van der Waals surface area contributed by atoms with Crippen LogP contribution in [0.2, 0.25) is 0 Å². The molecule has 1 aliphatic rings. The van der Waals surface area contributed by atoms with Gasteiger partial charge in [0.2, 0.25) is 5.91 Å². The minimum atomic E-state index is -0.393. The standard InChI is InChI=1S/C14H18BrFN2O/c15-11-5-4-10(8-12(11)16)18-13(19)9-14(17)6-2-1-3-7-14/h4-5,8H,1-3,6-7,9,17H2,(H,18,19). The Balaban J connectivity index is 1.95. The van der Waals surface area contributed by atoms with Gasteiger partial charge in [-0.05, 0) is 47.0 Å². The molecule has 0 unspecified atom stereocenters. The van der Waals surface area contributed by atoms with Gasteiger partial charge >= 0.3 is 0 Å². The molecule has 0 bridgehead atoms. The predicted molar refractivity (Wildman–Crippen MR) is 77.4 cm³/mol. The van der Waals surface area contributed by atoms with Crippen LogP contribution in [0, 0.1) is 5.82 Å². The molecule has 0 spiro atoms. The summed E-state index contributed by atoms with van der Waals surface area (Å²) in [4.78, 5) is 12.0. The molecule has 0 atom stereocenters. The van der Waals surface area contributed by atoms with Gasteiger partial charge in [-0.25, -0.2) is 4.39 Å². The second-order valence-electron chi connectivity index (χ2n) is 5.28. The number of hydrogen-bond acceptors (Lipinski definition) is 2.